The minimum atomic E-state index is -0.110. The van der Waals surface area contributed by atoms with Crippen LogP contribution in [0.15, 0.2) is 53.5 Å². The summed E-state index contributed by atoms with van der Waals surface area (Å²) in [5, 5.41) is 3.76. The van der Waals surface area contributed by atoms with Crippen LogP contribution in [0, 0.1) is 12.3 Å². The number of thiophene rings is 1. The van der Waals surface area contributed by atoms with Crippen molar-refractivity contribution in [3.8, 4) is 23.8 Å². The van der Waals surface area contributed by atoms with E-state index in [9.17, 15) is 4.79 Å². The Bertz CT molecular complexity index is 1190. The number of carbonyl (C=O) groups excluding carboxylic acids is 1. The van der Waals surface area contributed by atoms with Gasteiger partial charge in [-0.3, -0.25) is 4.79 Å². The number of para-hydroxylation sites is 1. The molecule has 33 heavy (non-hydrogen) atoms. The van der Waals surface area contributed by atoms with Gasteiger partial charge in [0.05, 0.1) is 12.2 Å². The first-order chi connectivity index (χ1) is 16.2. The molecule has 1 aliphatic carbocycles. The molecule has 1 heterocycles. The molecule has 1 aliphatic rings. The van der Waals surface area contributed by atoms with Crippen molar-refractivity contribution >= 4 is 34.1 Å². The van der Waals surface area contributed by atoms with E-state index in [0.717, 1.165) is 47.5 Å². The maximum absolute atomic E-state index is 13.2. The summed E-state index contributed by atoms with van der Waals surface area (Å²) >= 11 is 1.61. The fourth-order valence-corrected chi connectivity index (χ4v) is 5.07. The van der Waals surface area contributed by atoms with Gasteiger partial charge >= 0.3 is 0 Å². The number of ether oxygens (including phenoxy) is 2. The molecule has 0 saturated carbocycles. The van der Waals surface area contributed by atoms with E-state index in [4.69, 9.17) is 20.9 Å². The van der Waals surface area contributed by atoms with Crippen LogP contribution in [0.4, 0.5) is 10.7 Å². The molecule has 2 aromatic carbocycles. The molecule has 3 aromatic rings. The highest BCUT2D eigenvalue weighted by Crippen LogP contribution is 2.40. The Labute approximate surface area is 198 Å². The number of carbonyl (C=O) groups is 1. The molecule has 4 rings (SSSR count). The predicted molar refractivity (Wildman–Crippen MR) is 135 cm³/mol. The molecule has 0 fully saturated rings. The van der Waals surface area contributed by atoms with Crippen LogP contribution in [0.2, 0.25) is 0 Å². The SMILES string of the molecule is C#CCOc1ccc(C=Nc2sc3c(c2C(=O)Nc2ccccc2)CCCC3)cc1OCC. The van der Waals surface area contributed by atoms with Crippen LogP contribution in [0.25, 0.3) is 0 Å². The number of aryl methyl sites for hydroxylation is 1. The van der Waals surface area contributed by atoms with Crippen molar-refractivity contribution in [2.24, 2.45) is 4.99 Å². The molecule has 0 spiro atoms. The molecule has 1 amide bonds. The number of aliphatic imine (C=N–C) groups is 1. The van der Waals surface area contributed by atoms with Gasteiger partial charge in [0, 0.05) is 16.8 Å². The first-order valence-electron chi connectivity index (χ1n) is 11.1. The van der Waals surface area contributed by atoms with E-state index in [1.807, 2.05) is 55.5 Å². The third-order valence-corrected chi connectivity index (χ3v) is 6.52. The number of nitrogens with zero attached hydrogens (tertiary/aromatic N) is 1. The fraction of sp³-hybridized carbons (Fsp3) is 0.259. The van der Waals surface area contributed by atoms with E-state index in [1.165, 1.54) is 4.88 Å². The number of amides is 1. The molecular weight excluding hydrogens is 432 g/mol. The average molecular weight is 459 g/mol. The van der Waals surface area contributed by atoms with Gasteiger partial charge in [-0.05, 0) is 74.1 Å². The molecule has 0 saturated heterocycles. The van der Waals surface area contributed by atoms with Gasteiger partial charge in [0.2, 0.25) is 0 Å². The van der Waals surface area contributed by atoms with Gasteiger partial charge in [0.25, 0.3) is 5.91 Å². The monoisotopic (exact) mass is 458 g/mol. The zero-order valence-corrected chi connectivity index (χ0v) is 19.4. The van der Waals surface area contributed by atoms with Crippen LogP contribution >= 0.6 is 11.3 Å². The second kappa shape index (κ2) is 10.8. The third kappa shape index (κ3) is 5.44. The van der Waals surface area contributed by atoms with Gasteiger partial charge in [0.1, 0.15) is 11.6 Å². The Hall–Kier alpha value is -3.56. The summed E-state index contributed by atoms with van der Waals surface area (Å²) in [6.07, 6.45) is 11.2. The highest BCUT2D eigenvalue weighted by molar-refractivity contribution is 7.16. The summed E-state index contributed by atoms with van der Waals surface area (Å²) in [5.41, 5.74) is 3.46. The van der Waals surface area contributed by atoms with Gasteiger partial charge in [-0.1, -0.05) is 24.1 Å². The Morgan fingerprint density at radius 3 is 2.76 bits per heavy atom. The number of anilines is 1. The van der Waals surface area contributed by atoms with Crippen LogP contribution < -0.4 is 14.8 Å². The Kier molecular flexibility index (Phi) is 7.43. The van der Waals surface area contributed by atoms with Crippen molar-refractivity contribution in [3.63, 3.8) is 0 Å². The summed E-state index contributed by atoms with van der Waals surface area (Å²) in [7, 11) is 0. The summed E-state index contributed by atoms with van der Waals surface area (Å²) in [6.45, 7) is 2.60. The van der Waals surface area contributed by atoms with Gasteiger partial charge < -0.3 is 14.8 Å². The summed E-state index contributed by atoms with van der Waals surface area (Å²) < 4.78 is 11.3. The predicted octanol–water partition coefficient (Wildman–Crippen LogP) is 6.04. The van der Waals surface area contributed by atoms with Gasteiger partial charge in [0.15, 0.2) is 11.5 Å². The van der Waals surface area contributed by atoms with E-state index >= 15 is 0 Å². The standard InChI is InChI=1S/C27H26N2O3S/c1-3-16-32-22-15-14-19(17-23(22)31-4-2)18-28-27-25(21-12-8-9-13-24(21)33-27)26(30)29-20-10-6-5-7-11-20/h1,5-7,10-11,14-15,17-18H,4,8-9,12-13,16H2,2H3,(H,29,30). The van der Waals surface area contributed by atoms with Crippen molar-refractivity contribution in [2.75, 3.05) is 18.5 Å². The van der Waals surface area contributed by atoms with Gasteiger partial charge in [-0.25, -0.2) is 4.99 Å². The highest BCUT2D eigenvalue weighted by Gasteiger charge is 2.25. The van der Waals surface area contributed by atoms with Crippen molar-refractivity contribution in [3.05, 3.63) is 70.1 Å². The number of fused-ring (bicyclic) bond motifs is 1. The molecule has 168 valence electrons. The normalized spacial score (nSPS) is 12.7. The lowest BCUT2D eigenvalue weighted by Gasteiger charge is -2.12. The summed E-state index contributed by atoms with van der Waals surface area (Å²) in [5.74, 6) is 3.57. The average Bonchev–Trinajstić information content (AvgIpc) is 3.21. The lowest BCUT2D eigenvalue weighted by molar-refractivity contribution is 0.102. The number of hydrogen-bond acceptors (Lipinski definition) is 5. The van der Waals surface area contributed by atoms with Gasteiger partial charge in [-0.2, -0.15) is 0 Å². The number of hydrogen-bond donors (Lipinski definition) is 1. The van der Waals surface area contributed by atoms with Crippen LogP contribution in [-0.2, 0) is 12.8 Å². The smallest absolute Gasteiger partial charge is 0.259 e. The van der Waals surface area contributed by atoms with Crippen LogP contribution in [-0.4, -0.2) is 25.3 Å². The second-order valence-corrected chi connectivity index (χ2v) is 8.69. The van der Waals surface area contributed by atoms with E-state index in [2.05, 4.69) is 11.2 Å². The zero-order valence-electron chi connectivity index (χ0n) is 18.6. The Morgan fingerprint density at radius 1 is 1.15 bits per heavy atom. The molecule has 0 bridgehead atoms. The fourth-order valence-electron chi connectivity index (χ4n) is 3.84. The van der Waals surface area contributed by atoms with Gasteiger partial charge in [-0.15, -0.1) is 17.8 Å². The first-order valence-corrected chi connectivity index (χ1v) is 11.9. The lowest BCUT2D eigenvalue weighted by atomic mass is 9.95. The number of rotatable bonds is 8. The first kappa shape index (κ1) is 22.6. The molecule has 0 aliphatic heterocycles. The van der Waals surface area contributed by atoms with Crippen molar-refractivity contribution in [1.29, 1.82) is 0 Å². The topological polar surface area (TPSA) is 59.9 Å². The Morgan fingerprint density at radius 2 is 1.97 bits per heavy atom. The number of nitrogens with one attached hydrogen (secondary N) is 1. The van der Waals surface area contributed by atoms with E-state index < -0.39 is 0 Å². The molecule has 5 nitrogen and oxygen atoms in total. The molecule has 6 heteroatoms. The quantitative estimate of drug-likeness (QED) is 0.331. The molecule has 0 radical (unpaired) electrons. The molecule has 1 aromatic heterocycles. The summed E-state index contributed by atoms with van der Waals surface area (Å²) in [4.78, 5) is 19.2. The van der Waals surface area contributed by atoms with Crippen molar-refractivity contribution < 1.29 is 14.3 Å². The maximum atomic E-state index is 13.2. The van der Waals surface area contributed by atoms with E-state index in [0.29, 0.717) is 23.7 Å². The molecule has 0 unspecified atom stereocenters. The van der Waals surface area contributed by atoms with E-state index in [-0.39, 0.29) is 12.5 Å². The minimum Gasteiger partial charge on any atom is -0.490 e. The zero-order chi connectivity index (χ0) is 23.0. The van der Waals surface area contributed by atoms with Crippen LogP contribution in [0.5, 0.6) is 11.5 Å². The minimum absolute atomic E-state index is 0.110. The van der Waals surface area contributed by atoms with Crippen molar-refractivity contribution in [2.45, 2.75) is 32.6 Å². The number of terminal acetylenes is 1. The Balaban J connectivity index is 1.64. The molecule has 1 N–H and O–H groups in total. The maximum Gasteiger partial charge on any atom is 0.259 e. The van der Waals surface area contributed by atoms with Crippen molar-refractivity contribution in [1.82, 2.24) is 0 Å². The number of benzene rings is 2. The molecular formula is C27H26N2O3S. The largest absolute Gasteiger partial charge is 0.490 e. The second-order valence-electron chi connectivity index (χ2n) is 7.60. The third-order valence-electron chi connectivity index (χ3n) is 5.32. The van der Waals surface area contributed by atoms with Crippen LogP contribution in [0.3, 0.4) is 0 Å². The molecule has 0 atom stereocenters. The lowest BCUT2D eigenvalue weighted by Crippen LogP contribution is -2.14. The highest BCUT2D eigenvalue weighted by atomic mass is 32.1. The van der Waals surface area contributed by atoms with E-state index in [1.54, 1.807) is 17.6 Å². The van der Waals surface area contributed by atoms with Crippen LogP contribution in [0.1, 0.15) is 46.1 Å². The summed E-state index contributed by atoms with van der Waals surface area (Å²) in [6, 6.07) is 15.1.